The largest absolute Gasteiger partial charge is 0.493 e. The maximum absolute atomic E-state index is 9.71. The molecule has 0 amide bonds. The minimum absolute atomic E-state index is 0.338. The molecule has 0 aliphatic rings. The van der Waals surface area contributed by atoms with Gasteiger partial charge in [0, 0.05) is 29.4 Å². The Hall–Kier alpha value is -3.23. The molecule has 3 aromatic heterocycles. The van der Waals surface area contributed by atoms with Crippen LogP contribution in [0.2, 0.25) is 0 Å². The minimum Gasteiger partial charge on any atom is -0.493 e. The van der Waals surface area contributed by atoms with Gasteiger partial charge in [-0.15, -0.1) is 11.3 Å². The highest BCUT2D eigenvalue weighted by Gasteiger charge is 2.23. The second kappa shape index (κ2) is 9.93. The normalized spacial score (nSPS) is 11.9. The van der Waals surface area contributed by atoms with Crippen LogP contribution in [0.15, 0.2) is 52.3 Å². The van der Waals surface area contributed by atoms with Gasteiger partial charge in [-0.2, -0.15) is 0 Å². The molecule has 0 fully saturated rings. The Kier molecular flexibility index (Phi) is 6.82. The van der Waals surface area contributed by atoms with Gasteiger partial charge in [-0.25, -0.2) is 4.98 Å². The second-order valence-electron chi connectivity index (χ2n) is 7.53. The first-order valence-corrected chi connectivity index (χ1v) is 11.3. The molecule has 0 atom stereocenters. The van der Waals surface area contributed by atoms with Crippen LogP contribution in [0, 0.1) is 20.8 Å². The van der Waals surface area contributed by atoms with Gasteiger partial charge in [-0.05, 0) is 57.5 Å². The van der Waals surface area contributed by atoms with E-state index in [0.717, 1.165) is 52.3 Å². The van der Waals surface area contributed by atoms with Gasteiger partial charge in [-0.3, -0.25) is 4.98 Å². The molecule has 0 saturated carbocycles. The Bertz CT molecular complexity index is 1210. The summed E-state index contributed by atoms with van der Waals surface area (Å²) in [5.74, 6) is 1.26. The van der Waals surface area contributed by atoms with Crippen LogP contribution in [0.4, 0.5) is 0 Å². The van der Waals surface area contributed by atoms with Gasteiger partial charge >= 0.3 is 0 Å². The lowest BCUT2D eigenvalue weighted by Gasteiger charge is -2.08. The van der Waals surface area contributed by atoms with Crippen LogP contribution in [-0.4, -0.2) is 34.0 Å². The van der Waals surface area contributed by atoms with Crippen molar-refractivity contribution < 1.29 is 14.4 Å². The molecule has 32 heavy (non-hydrogen) atoms. The van der Waals surface area contributed by atoms with E-state index in [0.29, 0.717) is 28.7 Å². The van der Waals surface area contributed by atoms with Crippen molar-refractivity contribution >= 4 is 28.0 Å². The molecular formula is C24H26N4O3S. The number of ether oxygens (including phenoxy) is 1. The molecule has 0 aliphatic carbocycles. The van der Waals surface area contributed by atoms with Crippen molar-refractivity contribution in [1.29, 1.82) is 0 Å². The fourth-order valence-electron chi connectivity index (χ4n) is 3.49. The third-order valence-corrected chi connectivity index (χ3v) is 6.35. The Morgan fingerprint density at radius 2 is 2.09 bits per heavy atom. The number of fused-ring (bicyclic) bond motifs is 1. The SMILES string of the molecule is Cc1nc(/C(=N\O)c2oc3cccc(OCCCNCc4cccnc4)c3c2C)sc1C. The number of furan rings is 1. The van der Waals surface area contributed by atoms with Crippen LogP contribution in [-0.2, 0) is 6.54 Å². The van der Waals surface area contributed by atoms with E-state index >= 15 is 0 Å². The van der Waals surface area contributed by atoms with Crippen LogP contribution in [0.25, 0.3) is 11.0 Å². The van der Waals surface area contributed by atoms with E-state index in [9.17, 15) is 5.21 Å². The summed E-state index contributed by atoms with van der Waals surface area (Å²) in [5.41, 5.74) is 3.97. The Morgan fingerprint density at radius 3 is 2.81 bits per heavy atom. The summed E-state index contributed by atoms with van der Waals surface area (Å²) in [6.07, 6.45) is 4.50. The number of thiazole rings is 1. The van der Waals surface area contributed by atoms with Crippen LogP contribution < -0.4 is 10.1 Å². The summed E-state index contributed by atoms with van der Waals surface area (Å²) in [5, 5.41) is 18.1. The highest BCUT2D eigenvalue weighted by molar-refractivity contribution is 7.14. The van der Waals surface area contributed by atoms with E-state index in [-0.39, 0.29) is 0 Å². The predicted molar refractivity (Wildman–Crippen MR) is 126 cm³/mol. The van der Waals surface area contributed by atoms with Crippen LogP contribution in [0.1, 0.15) is 38.9 Å². The molecule has 7 nitrogen and oxygen atoms in total. The molecule has 8 heteroatoms. The van der Waals surface area contributed by atoms with Gasteiger partial charge in [0.05, 0.1) is 17.7 Å². The summed E-state index contributed by atoms with van der Waals surface area (Å²) >= 11 is 1.48. The first-order valence-electron chi connectivity index (χ1n) is 10.5. The lowest BCUT2D eigenvalue weighted by Crippen LogP contribution is -2.17. The van der Waals surface area contributed by atoms with E-state index < -0.39 is 0 Å². The van der Waals surface area contributed by atoms with E-state index in [1.807, 2.05) is 51.2 Å². The molecule has 1 aromatic carbocycles. The zero-order valence-corrected chi connectivity index (χ0v) is 19.2. The molecule has 2 N–H and O–H groups in total. The van der Waals surface area contributed by atoms with E-state index in [1.165, 1.54) is 11.3 Å². The molecule has 4 rings (SSSR count). The molecular weight excluding hydrogens is 424 g/mol. The van der Waals surface area contributed by atoms with Crippen molar-refractivity contribution in [1.82, 2.24) is 15.3 Å². The summed E-state index contributed by atoms with van der Waals surface area (Å²) in [4.78, 5) is 9.72. The number of oxime groups is 1. The summed E-state index contributed by atoms with van der Waals surface area (Å²) in [6.45, 7) is 8.08. The van der Waals surface area contributed by atoms with Crippen molar-refractivity contribution in [2.24, 2.45) is 5.16 Å². The van der Waals surface area contributed by atoms with Gasteiger partial charge in [-0.1, -0.05) is 17.3 Å². The Labute approximate surface area is 190 Å². The van der Waals surface area contributed by atoms with E-state index in [1.54, 1.807) is 6.20 Å². The van der Waals surface area contributed by atoms with Gasteiger partial charge in [0.15, 0.2) is 11.5 Å². The highest BCUT2D eigenvalue weighted by Crippen LogP contribution is 2.35. The lowest BCUT2D eigenvalue weighted by atomic mass is 10.1. The maximum atomic E-state index is 9.71. The maximum Gasteiger partial charge on any atom is 0.181 e. The molecule has 0 spiro atoms. The lowest BCUT2D eigenvalue weighted by molar-refractivity contribution is 0.311. The number of hydrogen-bond acceptors (Lipinski definition) is 8. The summed E-state index contributed by atoms with van der Waals surface area (Å²) in [6, 6.07) is 9.71. The van der Waals surface area contributed by atoms with Crippen molar-refractivity contribution in [2.75, 3.05) is 13.2 Å². The molecule has 4 aromatic rings. The first-order chi connectivity index (χ1) is 15.6. The number of rotatable bonds is 9. The highest BCUT2D eigenvalue weighted by atomic mass is 32.1. The Morgan fingerprint density at radius 1 is 1.22 bits per heavy atom. The smallest absolute Gasteiger partial charge is 0.181 e. The van der Waals surface area contributed by atoms with Crippen molar-refractivity contribution in [3.63, 3.8) is 0 Å². The molecule has 0 unspecified atom stereocenters. The van der Waals surface area contributed by atoms with Crippen molar-refractivity contribution in [3.05, 3.63) is 75.2 Å². The zero-order valence-electron chi connectivity index (χ0n) is 18.4. The van der Waals surface area contributed by atoms with Gasteiger partial charge < -0.3 is 19.7 Å². The van der Waals surface area contributed by atoms with Gasteiger partial charge in [0.2, 0.25) is 0 Å². The van der Waals surface area contributed by atoms with Crippen molar-refractivity contribution in [2.45, 2.75) is 33.7 Å². The molecule has 0 aliphatic heterocycles. The molecule has 166 valence electrons. The minimum atomic E-state index is 0.338. The number of nitrogens with one attached hydrogen (secondary N) is 1. The average Bonchev–Trinajstić information content (AvgIpc) is 3.31. The molecule has 0 bridgehead atoms. The quantitative estimate of drug-likeness (QED) is 0.161. The third-order valence-electron chi connectivity index (χ3n) is 5.27. The fourth-order valence-corrected chi connectivity index (χ4v) is 4.38. The van der Waals surface area contributed by atoms with Crippen LogP contribution in [0.5, 0.6) is 5.75 Å². The second-order valence-corrected chi connectivity index (χ2v) is 8.74. The summed E-state index contributed by atoms with van der Waals surface area (Å²) in [7, 11) is 0. The predicted octanol–water partition coefficient (Wildman–Crippen LogP) is 4.99. The van der Waals surface area contributed by atoms with Crippen LogP contribution in [0.3, 0.4) is 0 Å². The molecule has 3 heterocycles. The number of pyridine rings is 1. The number of nitrogens with zero attached hydrogens (tertiary/aromatic N) is 3. The number of benzene rings is 1. The van der Waals surface area contributed by atoms with Crippen molar-refractivity contribution in [3.8, 4) is 5.75 Å². The van der Waals surface area contributed by atoms with E-state index in [2.05, 4.69) is 26.5 Å². The fraction of sp³-hybridized carbons (Fsp3) is 0.292. The summed E-state index contributed by atoms with van der Waals surface area (Å²) < 4.78 is 12.1. The standard InChI is InChI=1S/C24H26N4O3S/c1-15-21-19(30-12-6-11-26-14-18-7-5-10-25-13-18)8-4-9-20(21)31-23(15)22(28-29)24-27-16(2)17(3)32-24/h4-5,7-10,13,26,29H,6,11-12,14H2,1-3H3/b28-22-. The van der Waals surface area contributed by atoms with Gasteiger partial charge in [0.25, 0.3) is 0 Å². The first kappa shape index (κ1) is 22.0. The monoisotopic (exact) mass is 450 g/mol. The molecule has 0 saturated heterocycles. The number of aryl methyl sites for hydroxylation is 3. The Balaban J connectivity index is 1.45. The topological polar surface area (TPSA) is 92.8 Å². The zero-order chi connectivity index (χ0) is 22.5. The third kappa shape index (κ3) is 4.66. The van der Waals surface area contributed by atoms with Gasteiger partial charge in [0.1, 0.15) is 16.3 Å². The number of hydrogen-bond donors (Lipinski definition) is 2. The number of aromatic nitrogens is 2. The van der Waals surface area contributed by atoms with Crippen LogP contribution >= 0.6 is 11.3 Å². The van der Waals surface area contributed by atoms with E-state index in [4.69, 9.17) is 9.15 Å². The molecule has 0 radical (unpaired) electrons. The average molecular weight is 451 g/mol.